The highest BCUT2D eigenvalue weighted by molar-refractivity contribution is 7.47. The third-order valence-corrected chi connectivity index (χ3v) is 3.59. The van der Waals surface area contributed by atoms with Crippen molar-refractivity contribution in [3.05, 3.63) is 0 Å². The van der Waals surface area contributed by atoms with E-state index in [0.29, 0.717) is 6.54 Å². The van der Waals surface area contributed by atoms with E-state index >= 15 is 0 Å². The summed E-state index contributed by atoms with van der Waals surface area (Å²) in [4.78, 5) is 8.23. The molecule has 0 aliphatic rings. The number of phosphoric acid groups is 1. The van der Waals surface area contributed by atoms with Crippen LogP contribution in [-0.4, -0.2) is 52.2 Å². The molecule has 0 spiro atoms. The molecule has 2 N–H and O–H groups in total. The maximum atomic E-state index is 10.1. The molecule has 1 unspecified atom stereocenters. The van der Waals surface area contributed by atoms with Crippen LogP contribution >= 0.6 is 23.6 Å². The fraction of sp³-hybridized carbons (Fsp3) is 1.00. The van der Waals surface area contributed by atoms with Crippen LogP contribution in [0.1, 0.15) is 13.3 Å². The summed E-state index contributed by atoms with van der Waals surface area (Å²) in [5.41, 5.74) is 0. The molecule has 0 saturated heterocycles. The molecule has 0 aromatic carbocycles. The minimum absolute atomic E-state index is 0.0694. The van der Waals surface area contributed by atoms with Crippen molar-refractivity contribution in [3.63, 3.8) is 0 Å². The Hall–Kier alpha value is -0.290. The van der Waals surface area contributed by atoms with Crippen molar-refractivity contribution < 1.29 is 56.0 Å². The molecule has 26 heavy (non-hydrogen) atoms. The van der Waals surface area contributed by atoms with E-state index in [-0.39, 0.29) is 25.7 Å². The Morgan fingerprint density at radius 2 is 1.54 bits per heavy atom. The van der Waals surface area contributed by atoms with Gasteiger partial charge in [0, 0.05) is 19.6 Å². The van der Waals surface area contributed by atoms with Crippen LogP contribution in [-0.2, 0) is 40.9 Å². The molecular weight excluding hydrogens is 419 g/mol. The van der Waals surface area contributed by atoms with Gasteiger partial charge in [-0.25, -0.2) is 22.8 Å². The first kappa shape index (κ1) is 30.4. The van der Waals surface area contributed by atoms with Crippen LogP contribution in [0.3, 0.4) is 0 Å². The van der Waals surface area contributed by atoms with Gasteiger partial charge < -0.3 is 24.9 Å². The van der Waals surface area contributed by atoms with Gasteiger partial charge in [-0.3, -0.25) is 13.6 Å². The highest BCUT2D eigenvalue weighted by Crippen LogP contribution is 2.40. The normalized spacial score (nSPS) is 12.3. The zero-order valence-electron chi connectivity index (χ0n) is 14.6. The Balaban J connectivity index is -0.000000370. The first-order chi connectivity index (χ1) is 12.1. The highest BCUT2D eigenvalue weighted by Gasteiger charge is 2.14. The first-order valence-corrected chi connectivity index (χ1v) is 10.7. The molecule has 0 aromatic rings. The average Bonchev–Trinajstić information content (AvgIpc) is 2.58. The standard InChI is InChI=1S/C5H11NO6P2.C3H7O.C2H6O5P/c1-6-2-5(3-11-13(7)8)4-12-14(9)10;1-2-3-4;1-6-8(4,5)7-2-3/h5-6H,2-4H2,1H3;2-3H2,1H3;2H2,1H3,(H,4,5)/q;2*-1. The molecule has 0 rings (SSSR count). The van der Waals surface area contributed by atoms with Crippen molar-refractivity contribution >= 4 is 23.6 Å². The monoisotopic (exact) mass is 443 g/mol. The van der Waals surface area contributed by atoms with Crippen molar-refractivity contribution in [2.75, 3.05) is 47.3 Å². The molecule has 158 valence electrons. The van der Waals surface area contributed by atoms with Gasteiger partial charge in [0.05, 0.1) is 13.2 Å². The number of rotatable bonds is 12. The van der Waals surface area contributed by atoms with Gasteiger partial charge in [-0.05, 0) is 13.8 Å². The third-order valence-electron chi connectivity index (χ3n) is 1.97. The van der Waals surface area contributed by atoms with E-state index in [1.54, 1.807) is 7.05 Å². The summed E-state index contributed by atoms with van der Waals surface area (Å²) in [5, 5.41) is 21.5. The number of hydrogen-bond acceptors (Lipinski definition) is 12. The lowest BCUT2D eigenvalue weighted by molar-refractivity contribution is -0.415. The van der Waals surface area contributed by atoms with Crippen LogP contribution in [0.25, 0.3) is 0 Å². The molecule has 16 heteroatoms. The summed E-state index contributed by atoms with van der Waals surface area (Å²) in [7, 11) is -7.16. The molecule has 13 nitrogen and oxygen atoms in total. The highest BCUT2D eigenvalue weighted by atomic mass is 31.2. The van der Waals surface area contributed by atoms with Crippen LogP contribution in [0, 0.1) is 5.92 Å². The average molecular weight is 443 g/mol. The van der Waals surface area contributed by atoms with Gasteiger partial charge in [-0.2, -0.15) is 0 Å². The molecule has 0 bridgehead atoms. The second-order valence-corrected chi connectivity index (χ2v) is 7.04. The van der Waals surface area contributed by atoms with E-state index in [1.807, 2.05) is 6.92 Å². The summed E-state index contributed by atoms with van der Waals surface area (Å²) in [6.45, 7) is 1.09. The van der Waals surface area contributed by atoms with Crippen LogP contribution in [0.4, 0.5) is 0 Å². The van der Waals surface area contributed by atoms with Crippen molar-refractivity contribution in [1.29, 1.82) is 0 Å². The summed E-state index contributed by atoms with van der Waals surface area (Å²) in [5.74, 6) is -0.319. The first-order valence-electron chi connectivity index (χ1n) is 6.98. The predicted molar refractivity (Wildman–Crippen MR) is 83.9 cm³/mol. The molecule has 0 radical (unpaired) electrons. The second kappa shape index (κ2) is 21.0. The van der Waals surface area contributed by atoms with E-state index in [9.17, 15) is 33.0 Å². The van der Waals surface area contributed by atoms with Gasteiger partial charge in [-0.1, -0.05) is 13.3 Å². The maximum absolute atomic E-state index is 10.1. The zero-order valence-corrected chi connectivity index (χ0v) is 17.3. The molecule has 0 fully saturated rings. The Kier molecular flexibility index (Phi) is 24.6. The Morgan fingerprint density at radius 1 is 1.12 bits per heavy atom. The third kappa shape index (κ3) is 28.5. The summed E-state index contributed by atoms with van der Waals surface area (Å²) in [6.07, 6.45) is 0.764. The molecule has 0 heterocycles. The minimum atomic E-state index is -3.99. The van der Waals surface area contributed by atoms with E-state index in [2.05, 4.69) is 23.4 Å². The smallest absolute Gasteiger partial charge is 0.470 e. The fourth-order valence-corrected chi connectivity index (χ4v) is 1.81. The number of nitrogens with one attached hydrogen (secondary N) is 1. The number of phosphoric ester groups is 1. The fourth-order valence-electron chi connectivity index (χ4n) is 0.906. The van der Waals surface area contributed by atoms with Crippen molar-refractivity contribution in [1.82, 2.24) is 5.32 Å². The molecule has 0 aliphatic carbocycles. The van der Waals surface area contributed by atoms with Gasteiger partial charge in [-0.15, -0.1) is 6.61 Å². The quantitative estimate of drug-likeness (QED) is 0.298. The van der Waals surface area contributed by atoms with Gasteiger partial charge in [0.2, 0.25) is 0 Å². The topological polar surface area (TPSA) is 201 Å². The van der Waals surface area contributed by atoms with Gasteiger partial charge in [0.25, 0.3) is 0 Å². The molecule has 0 aliphatic heterocycles. The Bertz CT molecular complexity index is 452. The van der Waals surface area contributed by atoms with E-state index < -0.39 is 30.4 Å². The zero-order chi connectivity index (χ0) is 21.0. The van der Waals surface area contributed by atoms with Gasteiger partial charge in [0.15, 0.2) is 0 Å². The summed E-state index contributed by atoms with van der Waals surface area (Å²) >= 11 is 0. The predicted octanol–water partition coefficient (Wildman–Crippen LogP) is -0.145. The molecule has 0 aromatic heterocycles. The second-order valence-electron chi connectivity index (χ2n) is 4.06. The van der Waals surface area contributed by atoms with Crippen molar-refractivity contribution in [3.8, 4) is 0 Å². The SMILES string of the molecule is CCC[O-].CNCC(COP(=O)=O)COP(=O)=O.COP(=O)(O)OC[O-]. The Labute approximate surface area is 152 Å². The summed E-state index contributed by atoms with van der Waals surface area (Å²) < 4.78 is 66.6. The Morgan fingerprint density at radius 3 is 1.73 bits per heavy atom. The van der Waals surface area contributed by atoms with Crippen LogP contribution in [0.5, 0.6) is 0 Å². The van der Waals surface area contributed by atoms with Crippen LogP contribution in [0.15, 0.2) is 0 Å². The maximum Gasteiger partial charge on any atom is 0.470 e. The van der Waals surface area contributed by atoms with E-state index in [1.165, 1.54) is 0 Å². The van der Waals surface area contributed by atoms with Crippen LogP contribution < -0.4 is 15.5 Å². The summed E-state index contributed by atoms with van der Waals surface area (Å²) in [6, 6.07) is 0. The number of hydrogen-bond donors (Lipinski definition) is 2. The van der Waals surface area contributed by atoms with Gasteiger partial charge in [0.1, 0.15) is 0 Å². The largest absolute Gasteiger partial charge is 0.854 e. The lowest BCUT2D eigenvalue weighted by Gasteiger charge is -2.11. The van der Waals surface area contributed by atoms with Crippen LogP contribution in [0.2, 0.25) is 0 Å². The lowest BCUT2D eigenvalue weighted by atomic mass is 10.2. The molecular formula is C10H24NO12P3-2. The molecule has 0 amide bonds. The van der Waals surface area contributed by atoms with E-state index in [4.69, 9.17) is 4.89 Å². The molecule has 1 atom stereocenters. The minimum Gasteiger partial charge on any atom is -0.854 e. The van der Waals surface area contributed by atoms with E-state index in [0.717, 1.165) is 13.5 Å². The lowest BCUT2D eigenvalue weighted by Crippen LogP contribution is -2.25. The van der Waals surface area contributed by atoms with Crippen molar-refractivity contribution in [2.45, 2.75) is 13.3 Å². The van der Waals surface area contributed by atoms with Crippen molar-refractivity contribution in [2.24, 2.45) is 5.92 Å². The molecule has 0 saturated carbocycles. The van der Waals surface area contributed by atoms with Gasteiger partial charge >= 0.3 is 23.6 Å².